The Morgan fingerprint density at radius 2 is 1.91 bits per heavy atom. The third kappa shape index (κ3) is 4.86. The Kier molecular flexibility index (Phi) is 6.62. The van der Waals surface area contributed by atoms with Crippen LogP contribution in [0.4, 0.5) is 0 Å². The lowest BCUT2D eigenvalue weighted by atomic mass is 10.0. The number of carbonyl (C=O) groups excluding carboxylic acids is 1. The van der Waals surface area contributed by atoms with Crippen LogP contribution in [0.2, 0.25) is 0 Å². The van der Waals surface area contributed by atoms with Crippen LogP contribution in [0.25, 0.3) is 4.96 Å². The van der Waals surface area contributed by atoms with Crippen LogP contribution >= 0.6 is 11.3 Å². The monoisotopic (exact) mass is 454 g/mol. The van der Waals surface area contributed by atoms with E-state index in [9.17, 15) is 9.59 Å². The molecule has 0 radical (unpaired) electrons. The number of hydrogen-bond donors (Lipinski definition) is 0. The Morgan fingerprint density at radius 1 is 1.16 bits per heavy atom. The van der Waals surface area contributed by atoms with Gasteiger partial charge in [-0.25, -0.2) is 4.98 Å². The summed E-state index contributed by atoms with van der Waals surface area (Å²) in [5.74, 6) is 1.13. The Labute approximate surface area is 192 Å². The fraction of sp³-hybridized carbons (Fsp3) is 0.458. The number of hydrogen-bond acceptors (Lipinski definition) is 6. The number of thiazole rings is 1. The standard InChI is InChI=1S/C24H30N4O3S/c1-16(2)20-6-5-17(3)13-21(20)31-18(4)23(30)27-9-7-26(8-10-27)15-19-14-22(29)28-11-12-32-24(28)25-19/h5-6,11-14,16,18H,7-10,15H2,1-4H3. The van der Waals surface area contributed by atoms with E-state index in [1.165, 1.54) is 11.3 Å². The van der Waals surface area contributed by atoms with E-state index in [0.29, 0.717) is 30.5 Å². The molecule has 1 saturated heterocycles. The molecule has 4 rings (SSSR count). The van der Waals surface area contributed by atoms with Gasteiger partial charge < -0.3 is 9.64 Å². The predicted octanol–water partition coefficient (Wildman–Crippen LogP) is 3.30. The number of fused-ring (bicyclic) bond motifs is 1. The van der Waals surface area contributed by atoms with Crippen molar-refractivity contribution in [1.82, 2.24) is 19.2 Å². The number of nitrogens with zero attached hydrogens (tertiary/aromatic N) is 4. The molecule has 170 valence electrons. The number of benzene rings is 1. The minimum atomic E-state index is -0.538. The fourth-order valence-electron chi connectivity index (χ4n) is 4.04. The molecular formula is C24H30N4O3S. The van der Waals surface area contributed by atoms with Crippen molar-refractivity contribution in [1.29, 1.82) is 0 Å². The molecule has 0 saturated carbocycles. The first-order valence-electron chi connectivity index (χ1n) is 11.1. The molecular weight excluding hydrogens is 424 g/mol. The van der Waals surface area contributed by atoms with Crippen molar-refractivity contribution in [3.05, 3.63) is 63.0 Å². The first-order chi connectivity index (χ1) is 15.3. The largest absolute Gasteiger partial charge is 0.481 e. The van der Waals surface area contributed by atoms with Gasteiger partial charge in [0, 0.05) is 50.4 Å². The van der Waals surface area contributed by atoms with Gasteiger partial charge in [-0.2, -0.15) is 0 Å². The Balaban J connectivity index is 1.35. The van der Waals surface area contributed by atoms with Crippen molar-refractivity contribution < 1.29 is 9.53 Å². The average molecular weight is 455 g/mol. The molecule has 1 aliphatic rings. The first-order valence-corrected chi connectivity index (χ1v) is 11.9. The van der Waals surface area contributed by atoms with Crippen LogP contribution in [0.15, 0.2) is 40.6 Å². The van der Waals surface area contributed by atoms with Crippen molar-refractivity contribution in [2.75, 3.05) is 26.2 Å². The lowest BCUT2D eigenvalue weighted by Gasteiger charge is -2.35. The first kappa shape index (κ1) is 22.5. The number of ether oxygens (including phenoxy) is 1. The van der Waals surface area contributed by atoms with Gasteiger partial charge in [0.1, 0.15) is 5.75 Å². The van der Waals surface area contributed by atoms with Gasteiger partial charge in [0.05, 0.1) is 5.69 Å². The van der Waals surface area contributed by atoms with Gasteiger partial charge in [-0.15, -0.1) is 11.3 Å². The third-order valence-corrected chi connectivity index (χ3v) is 6.62. The zero-order chi connectivity index (χ0) is 22.8. The second kappa shape index (κ2) is 9.42. The van der Waals surface area contributed by atoms with E-state index in [1.807, 2.05) is 30.2 Å². The molecule has 3 heterocycles. The maximum absolute atomic E-state index is 13.0. The molecule has 1 fully saturated rings. The highest BCUT2D eigenvalue weighted by Crippen LogP contribution is 2.28. The summed E-state index contributed by atoms with van der Waals surface area (Å²) in [7, 11) is 0. The maximum Gasteiger partial charge on any atom is 0.263 e. The van der Waals surface area contributed by atoms with Crippen molar-refractivity contribution in [2.24, 2.45) is 0 Å². The molecule has 1 aromatic carbocycles. The zero-order valence-corrected chi connectivity index (χ0v) is 19.9. The van der Waals surface area contributed by atoms with Gasteiger partial charge in [0.25, 0.3) is 11.5 Å². The quantitative estimate of drug-likeness (QED) is 0.572. The third-order valence-electron chi connectivity index (χ3n) is 5.87. The fourth-order valence-corrected chi connectivity index (χ4v) is 4.78. The van der Waals surface area contributed by atoms with E-state index >= 15 is 0 Å². The van der Waals surface area contributed by atoms with Crippen LogP contribution in [-0.2, 0) is 11.3 Å². The summed E-state index contributed by atoms with van der Waals surface area (Å²) in [6, 6.07) is 7.77. The summed E-state index contributed by atoms with van der Waals surface area (Å²) in [5.41, 5.74) is 2.95. The average Bonchev–Trinajstić information content (AvgIpc) is 3.23. The molecule has 1 aliphatic heterocycles. The second-order valence-corrected chi connectivity index (χ2v) is 9.57. The topological polar surface area (TPSA) is 67.2 Å². The normalized spacial score (nSPS) is 16.0. The lowest BCUT2D eigenvalue weighted by molar-refractivity contribution is -0.139. The van der Waals surface area contributed by atoms with Crippen molar-refractivity contribution in [3.8, 4) is 5.75 Å². The van der Waals surface area contributed by atoms with Gasteiger partial charge in [-0.3, -0.25) is 18.9 Å². The van der Waals surface area contributed by atoms with E-state index in [2.05, 4.69) is 35.9 Å². The Hall–Kier alpha value is -2.71. The van der Waals surface area contributed by atoms with Gasteiger partial charge in [0.15, 0.2) is 11.1 Å². The van der Waals surface area contributed by atoms with Crippen LogP contribution in [-0.4, -0.2) is 57.4 Å². The molecule has 0 aliphatic carbocycles. The molecule has 7 nitrogen and oxygen atoms in total. The SMILES string of the molecule is Cc1ccc(C(C)C)c(OC(C)C(=O)N2CCN(Cc3cc(=O)n4ccsc4n3)CC2)c1. The molecule has 2 aromatic heterocycles. The smallest absolute Gasteiger partial charge is 0.263 e. The van der Waals surface area contributed by atoms with Crippen LogP contribution in [0.1, 0.15) is 43.5 Å². The number of piperazine rings is 1. The molecule has 0 bridgehead atoms. The van der Waals surface area contributed by atoms with Gasteiger partial charge in [0.2, 0.25) is 0 Å². The van der Waals surface area contributed by atoms with Gasteiger partial charge in [-0.1, -0.05) is 26.0 Å². The van der Waals surface area contributed by atoms with Gasteiger partial charge in [-0.05, 0) is 37.0 Å². The predicted molar refractivity (Wildman–Crippen MR) is 127 cm³/mol. The minimum Gasteiger partial charge on any atom is -0.481 e. The molecule has 8 heteroatoms. The summed E-state index contributed by atoms with van der Waals surface area (Å²) < 4.78 is 7.68. The highest BCUT2D eigenvalue weighted by atomic mass is 32.1. The second-order valence-electron chi connectivity index (χ2n) is 8.70. The van der Waals surface area contributed by atoms with E-state index in [-0.39, 0.29) is 11.5 Å². The molecule has 0 spiro atoms. The summed E-state index contributed by atoms with van der Waals surface area (Å²) in [6.07, 6.45) is 1.21. The van der Waals surface area contributed by atoms with Gasteiger partial charge >= 0.3 is 0 Å². The summed E-state index contributed by atoms with van der Waals surface area (Å²) in [5, 5.41) is 1.86. The molecule has 3 aromatic rings. The van der Waals surface area contributed by atoms with Crippen LogP contribution in [0.3, 0.4) is 0 Å². The molecule has 0 N–H and O–H groups in total. The highest BCUT2D eigenvalue weighted by molar-refractivity contribution is 7.15. The van der Waals surface area contributed by atoms with Crippen LogP contribution in [0, 0.1) is 6.92 Å². The zero-order valence-electron chi connectivity index (χ0n) is 19.1. The van der Waals surface area contributed by atoms with Crippen molar-refractivity contribution in [3.63, 3.8) is 0 Å². The number of carbonyl (C=O) groups is 1. The maximum atomic E-state index is 13.0. The van der Waals surface area contributed by atoms with E-state index in [4.69, 9.17) is 4.74 Å². The number of aromatic nitrogens is 2. The minimum absolute atomic E-state index is 0.0113. The van der Waals surface area contributed by atoms with E-state index in [0.717, 1.165) is 35.7 Å². The number of amides is 1. The molecule has 1 amide bonds. The summed E-state index contributed by atoms with van der Waals surface area (Å²) >= 11 is 1.46. The van der Waals surface area contributed by atoms with Crippen molar-refractivity contribution >= 4 is 22.2 Å². The number of aryl methyl sites for hydroxylation is 1. The number of rotatable bonds is 6. The van der Waals surface area contributed by atoms with Crippen molar-refractivity contribution in [2.45, 2.75) is 46.3 Å². The molecule has 32 heavy (non-hydrogen) atoms. The van der Waals surface area contributed by atoms with E-state index < -0.39 is 6.10 Å². The Morgan fingerprint density at radius 3 is 2.62 bits per heavy atom. The summed E-state index contributed by atoms with van der Waals surface area (Å²) in [4.78, 5) is 34.6. The molecule has 1 unspecified atom stereocenters. The van der Waals surface area contributed by atoms with E-state index in [1.54, 1.807) is 16.7 Å². The van der Waals surface area contributed by atoms with Crippen LogP contribution in [0.5, 0.6) is 5.75 Å². The highest BCUT2D eigenvalue weighted by Gasteiger charge is 2.27. The summed E-state index contributed by atoms with van der Waals surface area (Å²) in [6.45, 7) is 11.5. The van der Waals surface area contributed by atoms with Crippen LogP contribution < -0.4 is 10.3 Å². The Bertz CT molecular complexity index is 1160. The lowest BCUT2D eigenvalue weighted by Crippen LogP contribution is -2.51. The molecule has 1 atom stereocenters.